The van der Waals surface area contributed by atoms with E-state index in [1.54, 1.807) is 0 Å². The molecule has 0 saturated heterocycles. The number of benzene rings is 1. The number of hydrogen-bond donors (Lipinski definition) is 2. The highest BCUT2D eigenvalue weighted by molar-refractivity contribution is 5.80. The third-order valence-electron chi connectivity index (χ3n) is 2.11. The van der Waals surface area contributed by atoms with Crippen LogP contribution in [0.2, 0.25) is 0 Å². The van der Waals surface area contributed by atoms with Crippen molar-refractivity contribution in [2.45, 2.75) is 27.3 Å². The number of amides is 1. The summed E-state index contributed by atoms with van der Waals surface area (Å²) in [6.07, 6.45) is 0. The van der Waals surface area contributed by atoms with Gasteiger partial charge in [0, 0.05) is 18.1 Å². The molecule has 1 aromatic carbocycles. The lowest BCUT2D eigenvalue weighted by Gasteiger charge is -1.97. The van der Waals surface area contributed by atoms with Gasteiger partial charge in [0.15, 0.2) is 0 Å². The molecule has 1 aromatic heterocycles. The molecule has 3 heteroatoms. The molecule has 0 radical (unpaired) electrons. The van der Waals surface area contributed by atoms with Gasteiger partial charge in [-0.3, -0.25) is 4.79 Å². The maximum absolute atomic E-state index is 10.7. The third kappa shape index (κ3) is 3.12. The quantitative estimate of drug-likeness (QED) is 0.799. The number of carbonyl (C=O) groups is 1. The summed E-state index contributed by atoms with van der Waals surface area (Å²) in [7, 11) is 0. The first-order valence-electron chi connectivity index (χ1n) is 5.57. The molecule has 1 heterocycles. The van der Waals surface area contributed by atoms with Crippen LogP contribution in [0.15, 0.2) is 30.3 Å². The van der Waals surface area contributed by atoms with Crippen molar-refractivity contribution in [3.05, 3.63) is 36.0 Å². The minimum absolute atomic E-state index is 0.0105. The lowest BCUT2D eigenvalue weighted by Crippen LogP contribution is -2.18. The molecule has 0 atom stereocenters. The standard InChI is InChI=1S/C11H12N2O.C2H6/c1-8(14)12-7-10-6-9-4-2-3-5-11(9)13-10;1-2/h2-6,13H,7H2,1H3,(H,12,14);1-2H3. The van der Waals surface area contributed by atoms with E-state index in [1.165, 1.54) is 12.3 Å². The molecular formula is C13H18N2O. The van der Waals surface area contributed by atoms with Crippen molar-refractivity contribution < 1.29 is 4.79 Å². The smallest absolute Gasteiger partial charge is 0.217 e. The first-order chi connectivity index (χ1) is 7.75. The maximum atomic E-state index is 10.7. The van der Waals surface area contributed by atoms with E-state index in [-0.39, 0.29) is 5.91 Å². The van der Waals surface area contributed by atoms with Crippen molar-refractivity contribution in [2.24, 2.45) is 0 Å². The van der Waals surface area contributed by atoms with Gasteiger partial charge in [-0.15, -0.1) is 0 Å². The molecule has 0 saturated carbocycles. The zero-order valence-corrected chi connectivity index (χ0v) is 10.0. The highest BCUT2D eigenvalue weighted by atomic mass is 16.1. The monoisotopic (exact) mass is 218 g/mol. The number of para-hydroxylation sites is 1. The molecule has 2 rings (SSSR count). The second kappa shape index (κ2) is 5.95. The van der Waals surface area contributed by atoms with Gasteiger partial charge in [-0.2, -0.15) is 0 Å². The van der Waals surface area contributed by atoms with Gasteiger partial charge in [-0.1, -0.05) is 32.0 Å². The largest absolute Gasteiger partial charge is 0.357 e. The minimum atomic E-state index is -0.0105. The van der Waals surface area contributed by atoms with Crippen molar-refractivity contribution in [2.75, 3.05) is 0 Å². The van der Waals surface area contributed by atoms with E-state index >= 15 is 0 Å². The summed E-state index contributed by atoms with van der Waals surface area (Å²) in [6.45, 7) is 6.08. The number of aromatic amines is 1. The fraction of sp³-hybridized carbons (Fsp3) is 0.308. The Labute approximate surface area is 95.9 Å². The van der Waals surface area contributed by atoms with Crippen LogP contribution in [-0.2, 0) is 11.3 Å². The fourth-order valence-electron chi connectivity index (χ4n) is 1.45. The van der Waals surface area contributed by atoms with Gasteiger partial charge < -0.3 is 10.3 Å². The van der Waals surface area contributed by atoms with E-state index in [1.807, 2.05) is 44.2 Å². The highest BCUT2D eigenvalue weighted by Crippen LogP contribution is 2.14. The van der Waals surface area contributed by atoms with Crippen LogP contribution in [0.4, 0.5) is 0 Å². The molecule has 0 bridgehead atoms. The maximum Gasteiger partial charge on any atom is 0.217 e. The van der Waals surface area contributed by atoms with Crippen LogP contribution in [0.25, 0.3) is 10.9 Å². The number of fused-ring (bicyclic) bond motifs is 1. The zero-order chi connectivity index (χ0) is 12.0. The van der Waals surface area contributed by atoms with Crippen molar-refractivity contribution in [1.29, 1.82) is 0 Å². The fourth-order valence-corrected chi connectivity index (χ4v) is 1.45. The van der Waals surface area contributed by atoms with Crippen LogP contribution in [0.5, 0.6) is 0 Å². The molecular weight excluding hydrogens is 200 g/mol. The SMILES string of the molecule is CC.CC(=O)NCc1cc2ccccc2[nH]1. The average molecular weight is 218 g/mol. The molecule has 0 spiro atoms. The topological polar surface area (TPSA) is 44.9 Å². The highest BCUT2D eigenvalue weighted by Gasteiger charge is 1.99. The van der Waals surface area contributed by atoms with E-state index in [0.717, 1.165) is 11.2 Å². The minimum Gasteiger partial charge on any atom is -0.357 e. The summed E-state index contributed by atoms with van der Waals surface area (Å²) in [5, 5.41) is 3.93. The molecule has 86 valence electrons. The number of carbonyl (C=O) groups excluding carboxylic acids is 1. The molecule has 0 aliphatic rings. The van der Waals surface area contributed by atoms with Gasteiger partial charge in [0.25, 0.3) is 0 Å². The Morgan fingerprint density at radius 3 is 2.62 bits per heavy atom. The molecule has 16 heavy (non-hydrogen) atoms. The van der Waals surface area contributed by atoms with E-state index in [9.17, 15) is 4.79 Å². The van der Waals surface area contributed by atoms with E-state index < -0.39 is 0 Å². The van der Waals surface area contributed by atoms with Gasteiger partial charge in [-0.05, 0) is 17.5 Å². The van der Waals surface area contributed by atoms with Crippen LogP contribution < -0.4 is 5.32 Å². The van der Waals surface area contributed by atoms with Crippen LogP contribution in [0.3, 0.4) is 0 Å². The van der Waals surface area contributed by atoms with Gasteiger partial charge in [0.1, 0.15) is 0 Å². The van der Waals surface area contributed by atoms with Crippen molar-refractivity contribution in [3.8, 4) is 0 Å². The Bertz CT molecular complexity index is 427. The summed E-state index contributed by atoms with van der Waals surface area (Å²) in [6, 6.07) is 10.1. The lowest BCUT2D eigenvalue weighted by atomic mass is 10.2. The van der Waals surface area contributed by atoms with Gasteiger partial charge in [0.2, 0.25) is 5.91 Å². The molecule has 0 aliphatic carbocycles. The first kappa shape index (κ1) is 12.3. The predicted octanol–water partition coefficient (Wildman–Crippen LogP) is 2.83. The molecule has 0 aliphatic heterocycles. The van der Waals surface area contributed by atoms with Crippen molar-refractivity contribution in [1.82, 2.24) is 10.3 Å². The van der Waals surface area contributed by atoms with Crippen LogP contribution in [-0.4, -0.2) is 10.9 Å². The predicted molar refractivity (Wildman–Crippen MR) is 67.2 cm³/mol. The number of aromatic nitrogens is 1. The van der Waals surface area contributed by atoms with Crippen molar-refractivity contribution in [3.63, 3.8) is 0 Å². The van der Waals surface area contributed by atoms with E-state index in [4.69, 9.17) is 0 Å². The average Bonchev–Trinajstić information content (AvgIpc) is 2.71. The van der Waals surface area contributed by atoms with Crippen LogP contribution in [0.1, 0.15) is 26.5 Å². The van der Waals surface area contributed by atoms with Crippen LogP contribution >= 0.6 is 0 Å². The summed E-state index contributed by atoms with van der Waals surface area (Å²) in [5.74, 6) is -0.0105. The summed E-state index contributed by atoms with van der Waals surface area (Å²) >= 11 is 0. The number of hydrogen-bond acceptors (Lipinski definition) is 1. The zero-order valence-electron chi connectivity index (χ0n) is 10.0. The second-order valence-electron chi connectivity index (χ2n) is 3.29. The van der Waals surface area contributed by atoms with Gasteiger partial charge >= 0.3 is 0 Å². The Kier molecular flexibility index (Phi) is 4.58. The molecule has 1 amide bonds. The lowest BCUT2D eigenvalue weighted by molar-refractivity contribution is -0.119. The molecule has 2 aromatic rings. The molecule has 2 N–H and O–H groups in total. The van der Waals surface area contributed by atoms with Crippen LogP contribution in [0, 0.1) is 0 Å². The van der Waals surface area contributed by atoms with Gasteiger partial charge in [0.05, 0.1) is 6.54 Å². The summed E-state index contributed by atoms with van der Waals surface area (Å²) < 4.78 is 0. The Balaban J connectivity index is 0.000000606. The number of rotatable bonds is 2. The Hall–Kier alpha value is -1.77. The molecule has 0 unspecified atom stereocenters. The molecule has 0 fully saturated rings. The Morgan fingerprint density at radius 2 is 2.00 bits per heavy atom. The Morgan fingerprint density at radius 1 is 1.31 bits per heavy atom. The normalized spacial score (nSPS) is 9.44. The molecule has 3 nitrogen and oxygen atoms in total. The van der Waals surface area contributed by atoms with Gasteiger partial charge in [-0.25, -0.2) is 0 Å². The van der Waals surface area contributed by atoms with E-state index in [0.29, 0.717) is 6.54 Å². The number of H-pyrrole nitrogens is 1. The third-order valence-corrected chi connectivity index (χ3v) is 2.11. The summed E-state index contributed by atoms with van der Waals surface area (Å²) in [5.41, 5.74) is 2.13. The first-order valence-corrected chi connectivity index (χ1v) is 5.57. The van der Waals surface area contributed by atoms with E-state index in [2.05, 4.69) is 10.3 Å². The van der Waals surface area contributed by atoms with Crippen molar-refractivity contribution >= 4 is 16.8 Å². The summed E-state index contributed by atoms with van der Waals surface area (Å²) in [4.78, 5) is 13.9. The number of nitrogens with one attached hydrogen (secondary N) is 2. The second-order valence-corrected chi connectivity index (χ2v) is 3.29.